The lowest BCUT2D eigenvalue weighted by Gasteiger charge is -2.33. The van der Waals surface area contributed by atoms with Gasteiger partial charge in [0.1, 0.15) is 6.10 Å². The fourth-order valence-corrected chi connectivity index (χ4v) is 2.48. The molecule has 0 aromatic heterocycles. The van der Waals surface area contributed by atoms with E-state index in [2.05, 4.69) is 4.85 Å². The number of hydrogen-bond donors (Lipinski definition) is 3. The molecule has 0 spiro atoms. The maximum Gasteiger partial charge on any atom is 0.308 e. The summed E-state index contributed by atoms with van der Waals surface area (Å²) in [4.78, 5) is 5.01. The molecule has 5 heteroatoms. The Balaban J connectivity index is 2.25. The topological polar surface area (TPSA) is 68.3 Å². The molecule has 2 heterocycles. The first-order chi connectivity index (χ1) is 6.66. The van der Waals surface area contributed by atoms with Gasteiger partial charge in [-0.05, 0) is 12.8 Å². The molecule has 0 bridgehead atoms. The van der Waals surface area contributed by atoms with Crippen LogP contribution >= 0.6 is 0 Å². The van der Waals surface area contributed by atoms with Crippen LogP contribution in [-0.2, 0) is 0 Å². The molecule has 2 saturated heterocycles. The Morgan fingerprint density at radius 2 is 1.93 bits per heavy atom. The molecule has 78 valence electrons. The SMILES string of the molecule is [C-]#[N+][C@@H]1[C@@H](O)[C@@H](O)[C@H]2[C@H](O)CCCN21. The van der Waals surface area contributed by atoms with Crippen LogP contribution < -0.4 is 0 Å². The van der Waals surface area contributed by atoms with Crippen molar-refractivity contribution in [2.75, 3.05) is 6.54 Å². The van der Waals surface area contributed by atoms with E-state index in [9.17, 15) is 15.3 Å². The van der Waals surface area contributed by atoms with Crippen molar-refractivity contribution < 1.29 is 15.3 Å². The van der Waals surface area contributed by atoms with Crippen LogP contribution in [0.5, 0.6) is 0 Å². The van der Waals surface area contributed by atoms with E-state index in [1.807, 2.05) is 0 Å². The highest BCUT2D eigenvalue weighted by Gasteiger charge is 2.55. The number of piperidine rings is 1. The van der Waals surface area contributed by atoms with Gasteiger partial charge in [0.15, 0.2) is 6.10 Å². The summed E-state index contributed by atoms with van der Waals surface area (Å²) in [5.74, 6) is 0. The first-order valence-corrected chi connectivity index (χ1v) is 4.83. The lowest BCUT2D eigenvalue weighted by atomic mass is 9.97. The molecule has 5 nitrogen and oxygen atoms in total. The zero-order chi connectivity index (χ0) is 10.3. The molecule has 0 unspecified atom stereocenters. The third-order valence-corrected chi connectivity index (χ3v) is 3.17. The van der Waals surface area contributed by atoms with Crippen LogP contribution in [0.1, 0.15) is 12.8 Å². The molecular weight excluding hydrogens is 184 g/mol. The standard InChI is InChI=1S/C9H14N2O3/c1-10-9-8(14)7(13)6-5(12)3-2-4-11(6)9/h5-9,12-14H,2-4H2/t5-,6-,7+,8+,9+/m1/s1. The van der Waals surface area contributed by atoms with Gasteiger partial charge in [0.05, 0.1) is 12.1 Å². The van der Waals surface area contributed by atoms with Crippen LogP contribution in [-0.4, -0.2) is 57.3 Å². The van der Waals surface area contributed by atoms with Gasteiger partial charge in [0.25, 0.3) is 0 Å². The van der Waals surface area contributed by atoms with Crippen LogP contribution in [0.3, 0.4) is 0 Å². The van der Waals surface area contributed by atoms with Gasteiger partial charge in [0, 0.05) is 6.54 Å². The predicted molar refractivity (Wildman–Crippen MR) is 48.1 cm³/mol. The van der Waals surface area contributed by atoms with Gasteiger partial charge in [-0.2, -0.15) is 0 Å². The Kier molecular flexibility index (Phi) is 2.45. The largest absolute Gasteiger partial charge is 0.391 e. The van der Waals surface area contributed by atoms with Gasteiger partial charge in [-0.3, -0.25) is 4.85 Å². The second kappa shape index (κ2) is 3.48. The molecule has 14 heavy (non-hydrogen) atoms. The van der Waals surface area contributed by atoms with Crippen LogP contribution in [0.25, 0.3) is 4.85 Å². The number of fused-ring (bicyclic) bond motifs is 1. The minimum atomic E-state index is -1.05. The smallest absolute Gasteiger partial charge is 0.308 e. The summed E-state index contributed by atoms with van der Waals surface area (Å²) in [6.45, 7) is 7.61. The summed E-state index contributed by atoms with van der Waals surface area (Å²) in [6.07, 6.45) is -1.92. The van der Waals surface area contributed by atoms with Gasteiger partial charge < -0.3 is 15.3 Å². The fraction of sp³-hybridized carbons (Fsp3) is 0.889. The van der Waals surface area contributed by atoms with Crippen LogP contribution in [0.2, 0.25) is 0 Å². The second-order valence-corrected chi connectivity index (χ2v) is 3.96. The maximum absolute atomic E-state index is 9.67. The molecular formula is C9H14N2O3. The van der Waals surface area contributed by atoms with E-state index >= 15 is 0 Å². The van der Waals surface area contributed by atoms with Crippen molar-refractivity contribution in [3.63, 3.8) is 0 Å². The number of aliphatic hydroxyl groups is 3. The molecule has 2 aliphatic heterocycles. The molecule has 2 fully saturated rings. The van der Waals surface area contributed by atoms with Gasteiger partial charge in [-0.25, -0.2) is 11.5 Å². The summed E-state index contributed by atoms with van der Waals surface area (Å²) in [5, 5.41) is 28.9. The third-order valence-electron chi connectivity index (χ3n) is 3.17. The van der Waals surface area contributed by atoms with Crippen LogP contribution in [0.4, 0.5) is 0 Å². The average Bonchev–Trinajstić information content (AvgIpc) is 2.41. The molecule has 0 aliphatic carbocycles. The van der Waals surface area contributed by atoms with Crippen LogP contribution in [0, 0.1) is 6.57 Å². The predicted octanol–water partition coefficient (Wildman–Crippen LogP) is -1.21. The normalized spacial score (nSPS) is 48.6. The molecule has 3 N–H and O–H groups in total. The van der Waals surface area contributed by atoms with Crippen molar-refractivity contribution in [2.45, 2.75) is 43.4 Å². The molecule has 0 saturated carbocycles. The molecule has 0 amide bonds. The highest BCUT2D eigenvalue weighted by molar-refractivity contribution is 5.07. The molecule has 2 rings (SSSR count). The van der Waals surface area contributed by atoms with Gasteiger partial charge >= 0.3 is 6.17 Å². The second-order valence-electron chi connectivity index (χ2n) is 3.96. The van der Waals surface area contributed by atoms with Crippen molar-refractivity contribution in [2.24, 2.45) is 0 Å². The lowest BCUT2D eigenvalue weighted by molar-refractivity contribution is -0.0287. The van der Waals surface area contributed by atoms with Crippen molar-refractivity contribution >= 4 is 0 Å². The van der Waals surface area contributed by atoms with Gasteiger partial charge in [0.2, 0.25) is 0 Å². The minimum absolute atomic E-state index is 0.460. The van der Waals surface area contributed by atoms with E-state index in [1.165, 1.54) is 0 Å². The minimum Gasteiger partial charge on any atom is -0.391 e. The van der Waals surface area contributed by atoms with Crippen molar-refractivity contribution in [1.29, 1.82) is 0 Å². The molecule has 5 atom stereocenters. The van der Waals surface area contributed by atoms with E-state index in [0.29, 0.717) is 13.0 Å². The Morgan fingerprint density at radius 3 is 2.57 bits per heavy atom. The zero-order valence-corrected chi connectivity index (χ0v) is 7.74. The summed E-state index contributed by atoms with van der Waals surface area (Å²) < 4.78 is 0. The van der Waals surface area contributed by atoms with Gasteiger partial charge in [-0.1, -0.05) is 0 Å². The quantitative estimate of drug-likeness (QED) is 0.427. The molecule has 0 aromatic carbocycles. The summed E-state index contributed by atoms with van der Waals surface area (Å²) in [7, 11) is 0. The Hall–Kier alpha value is -0.670. The summed E-state index contributed by atoms with van der Waals surface area (Å²) in [5.41, 5.74) is 0. The third kappa shape index (κ3) is 1.23. The number of aliphatic hydroxyl groups excluding tert-OH is 3. The van der Waals surface area contributed by atoms with E-state index < -0.39 is 30.5 Å². The summed E-state index contributed by atoms with van der Waals surface area (Å²) in [6, 6.07) is -0.460. The highest BCUT2D eigenvalue weighted by atomic mass is 16.3. The number of hydrogen-bond acceptors (Lipinski definition) is 4. The first-order valence-electron chi connectivity index (χ1n) is 4.83. The zero-order valence-electron chi connectivity index (χ0n) is 7.74. The highest BCUT2D eigenvalue weighted by Crippen LogP contribution is 2.32. The van der Waals surface area contributed by atoms with E-state index in [4.69, 9.17) is 6.57 Å². The molecule has 0 radical (unpaired) electrons. The monoisotopic (exact) mass is 198 g/mol. The van der Waals surface area contributed by atoms with E-state index in [1.54, 1.807) is 4.90 Å². The van der Waals surface area contributed by atoms with Crippen molar-refractivity contribution in [3.8, 4) is 0 Å². The average molecular weight is 198 g/mol. The molecule has 0 aromatic rings. The van der Waals surface area contributed by atoms with Crippen molar-refractivity contribution in [1.82, 2.24) is 4.90 Å². The number of nitrogens with zero attached hydrogens (tertiary/aromatic N) is 2. The lowest BCUT2D eigenvalue weighted by Crippen LogP contribution is -2.50. The first kappa shape index (κ1) is 9.87. The van der Waals surface area contributed by atoms with E-state index in [-0.39, 0.29) is 0 Å². The van der Waals surface area contributed by atoms with Crippen molar-refractivity contribution in [3.05, 3.63) is 11.4 Å². The summed E-state index contributed by atoms with van der Waals surface area (Å²) >= 11 is 0. The van der Waals surface area contributed by atoms with Crippen LogP contribution in [0.15, 0.2) is 0 Å². The Labute approximate surface area is 82.4 Å². The fourth-order valence-electron chi connectivity index (χ4n) is 2.48. The maximum atomic E-state index is 9.67. The Morgan fingerprint density at radius 1 is 1.21 bits per heavy atom. The number of rotatable bonds is 0. The Bertz CT molecular complexity index is 265. The van der Waals surface area contributed by atoms with Gasteiger partial charge in [-0.15, -0.1) is 0 Å². The molecule has 2 aliphatic rings. The van der Waals surface area contributed by atoms with E-state index in [0.717, 1.165) is 6.42 Å².